The molecule has 0 radical (unpaired) electrons. The molecular formula is C18H23N. The van der Waals surface area contributed by atoms with Crippen LogP contribution >= 0.6 is 0 Å². The Balaban J connectivity index is 2.23. The predicted molar refractivity (Wildman–Crippen MR) is 82.6 cm³/mol. The van der Waals surface area contributed by atoms with Crippen molar-refractivity contribution in [3.8, 4) is 0 Å². The summed E-state index contributed by atoms with van der Waals surface area (Å²) in [7, 11) is 2.04. The first-order valence-electron chi connectivity index (χ1n) is 6.89. The first-order valence-corrected chi connectivity index (χ1v) is 6.89. The molecule has 2 rings (SSSR count). The molecule has 0 heterocycles. The number of hydrogen-bond donors (Lipinski definition) is 1. The van der Waals surface area contributed by atoms with Crippen LogP contribution in [-0.4, -0.2) is 7.05 Å². The molecule has 0 aliphatic carbocycles. The minimum atomic E-state index is 0.376. The van der Waals surface area contributed by atoms with Crippen LogP contribution < -0.4 is 5.32 Å². The summed E-state index contributed by atoms with van der Waals surface area (Å²) in [5.74, 6) is 0. The topological polar surface area (TPSA) is 12.0 Å². The third-order valence-electron chi connectivity index (χ3n) is 3.51. The fraction of sp³-hybridized carbons (Fsp3) is 0.333. The zero-order chi connectivity index (χ0) is 13.8. The molecule has 0 aliphatic heterocycles. The van der Waals surface area contributed by atoms with E-state index in [9.17, 15) is 0 Å². The van der Waals surface area contributed by atoms with E-state index in [0.29, 0.717) is 6.04 Å². The lowest BCUT2D eigenvalue weighted by molar-refractivity contribution is 0.591. The van der Waals surface area contributed by atoms with Crippen molar-refractivity contribution in [2.24, 2.45) is 0 Å². The second kappa shape index (κ2) is 6.03. The Bertz CT molecular complexity index is 537. The van der Waals surface area contributed by atoms with Crippen molar-refractivity contribution in [3.05, 3.63) is 70.3 Å². The van der Waals surface area contributed by atoms with Gasteiger partial charge in [0, 0.05) is 6.04 Å². The number of likely N-dealkylation sites (N-methyl/N-ethyl adjacent to an activating group) is 1. The lowest BCUT2D eigenvalue weighted by atomic mass is 9.96. The monoisotopic (exact) mass is 253 g/mol. The van der Waals surface area contributed by atoms with Crippen LogP contribution in [0.4, 0.5) is 0 Å². The van der Waals surface area contributed by atoms with Gasteiger partial charge in [0.2, 0.25) is 0 Å². The van der Waals surface area contributed by atoms with E-state index in [2.05, 4.69) is 68.6 Å². The van der Waals surface area contributed by atoms with Crippen molar-refractivity contribution in [2.45, 2.75) is 33.2 Å². The summed E-state index contributed by atoms with van der Waals surface area (Å²) in [4.78, 5) is 0. The Morgan fingerprint density at radius 1 is 0.895 bits per heavy atom. The smallest absolute Gasteiger partial charge is 0.0358 e. The molecule has 19 heavy (non-hydrogen) atoms. The number of rotatable bonds is 4. The van der Waals surface area contributed by atoms with Crippen molar-refractivity contribution < 1.29 is 0 Å². The lowest BCUT2D eigenvalue weighted by Gasteiger charge is -2.18. The van der Waals surface area contributed by atoms with Crippen LogP contribution in [0.5, 0.6) is 0 Å². The molecule has 1 atom stereocenters. The van der Waals surface area contributed by atoms with Crippen molar-refractivity contribution in [3.63, 3.8) is 0 Å². The molecular weight excluding hydrogens is 230 g/mol. The number of nitrogens with one attached hydrogen (secondary N) is 1. The van der Waals surface area contributed by atoms with Gasteiger partial charge in [-0.05, 0) is 45.4 Å². The predicted octanol–water partition coefficient (Wildman–Crippen LogP) is 4.12. The summed E-state index contributed by atoms with van der Waals surface area (Å²) in [6, 6.07) is 15.9. The molecule has 0 spiro atoms. The standard InChI is InChI=1S/C18H23N/c1-13-6-5-7-17(11-13)18(19-4)12-16-9-14(2)8-15(3)10-16/h5-11,18-19H,12H2,1-4H3. The van der Waals surface area contributed by atoms with Gasteiger partial charge in [0.1, 0.15) is 0 Å². The van der Waals surface area contributed by atoms with Crippen LogP contribution in [0, 0.1) is 20.8 Å². The van der Waals surface area contributed by atoms with Gasteiger partial charge in [-0.1, -0.05) is 59.2 Å². The van der Waals surface area contributed by atoms with E-state index >= 15 is 0 Å². The second-order valence-corrected chi connectivity index (χ2v) is 5.46. The molecule has 1 N–H and O–H groups in total. The van der Waals surface area contributed by atoms with E-state index in [1.165, 1.54) is 27.8 Å². The highest BCUT2D eigenvalue weighted by Crippen LogP contribution is 2.20. The normalized spacial score (nSPS) is 12.4. The molecule has 1 unspecified atom stereocenters. The van der Waals surface area contributed by atoms with E-state index in [0.717, 1.165) is 6.42 Å². The molecule has 1 nitrogen and oxygen atoms in total. The van der Waals surface area contributed by atoms with E-state index in [1.807, 2.05) is 7.05 Å². The van der Waals surface area contributed by atoms with Gasteiger partial charge in [0.25, 0.3) is 0 Å². The van der Waals surface area contributed by atoms with Crippen molar-refractivity contribution in [2.75, 3.05) is 7.05 Å². The van der Waals surface area contributed by atoms with Crippen molar-refractivity contribution in [1.29, 1.82) is 0 Å². The van der Waals surface area contributed by atoms with E-state index in [1.54, 1.807) is 0 Å². The molecule has 0 saturated heterocycles. The van der Waals surface area contributed by atoms with Crippen LogP contribution in [0.3, 0.4) is 0 Å². The maximum atomic E-state index is 3.43. The van der Waals surface area contributed by atoms with Crippen LogP contribution in [0.15, 0.2) is 42.5 Å². The fourth-order valence-electron chi connectivity index (χ4n) is 2.70. The van der Waals surface area contributed by atoms with Crippen molar-refractivity contribution in [1.82, 2.24) is 5.32 Å². The van der Waals surface area contributed by atoms with Gasteiger partial charge >= 0.3 is 0 Å². The zero-order valence-corrected chi connectivity index (χ0v) is 12.3. The van der Waals surface area contributed by atoms with Gasteiger partial charge < -0.3 is 5.32 Å². The number of hydrogen-bond acceptors (Lipinski definition) is 1. The molecule has 0 aliphatic rings. The first kappa shape index (κ1) is 13.8. The van der Waals surface area contributed by atoms with Gasteiger partial charge in [-0.25, -0.2) is 0 Å². The molecule has 2 aromatic carbocycles. The third kappa shape index (κ3) is 3.68. The SMILES string of the molecule is CNC(Cc1cc(C)cc(C)c1)c1cccc(C)c1. The maximum absolute atomic E-state index is 3.43. The summed E-state index contributed by atoms with van der Waals surface area (Å²) in [6.45, 7) is 6.47. The minimum Gasteiger partial charge on any atom is -0.313 e. The average Bonchev–Trinajstić information content (AvgIpc) is 2.34. The van der Waals surface area contributed by atoms with E-state index in [4.69, 9.17) is 0 Å². The summed E-state index contributed by atoms with van der Waals surface area (Å²) < 4.78 is 0. The zero-order valence-electron chi connectivity index (χ0n) is 12.3. The largest absolute Gasteiger partial charge is 0.313 e. The van der Waals surface area contributed by atoms with E-state index < -0.39 is 0 Å². The Kier molecular flexibility index (Phi) is 4.39. The van der Waals surface area contributed by atoms with Crippen LogP contribution in [0.25, 0.3) is 0 Å². The summed E-state index contributed by atoms with van der Waals surface area (Å²) in [5.41, 5.74) is 6.77. The quantitative estimate of drug-likeness (QED) is 0.864. The minimum absolute atomic E-state index is 0.376. The Hall–Kier alpha value is -1.60. The molecule has 1 heteroatoms. The molecule has 0 amide bonds. The molecule has 2 aromatic rings. The molecule has 0 saturated carbocycles. The molecule has 0 bridgehead atoms. The average molecular weight is 253 g/mol. The van der Waals surface area contributed by atoms with Gasteiger partial charge in [-0.15, -0.1) is 0 Å². The highest BCUT2D eigenvalue weighted by atomic mass is 14.9. The van der Waals surface area contributed by atoms with Crippen LogP contribution in [-0.2, 0) is 6.42 Å². The van der Waals surface area contributed by atoms with E-state index in [-0.39, 0.29) is 0 Å². The van der Waals surface area contributed by atoms with Gasteiger partial charge in [-0.3, -0.25) is 0 Å². The number of benzene rings is 2. The van der Waals surface area contributed by atoms with Crippen molar-refractivity contribution >= 4 is 0 Å². The maximum Gasteiger partial charge on any atom is 0.0358 e. The molecule has 0 aromatic heterocycles. The molecule has 100 valence electrons. The fourth-order valence-corrected chi connectivity index (χ4v) is 2.70. The van der Waals surface area contributed by atoms with Gasteiger partial charge in [0.05, 0.1) is 0 Å². The highest BCUT2D eigenvalue weighted by molar-refractivity contribution is 5.31. The van der Waals surface area contributed by atoms with Gasteiger partial charge in [0.15, 0.2) is 0 Å². The Morgan fingerprint density at radius 2 is 1.58 bits per heavy atom. The summed E-state index contributed by atoms with van der Waals surface area (Å²) in [6.07, 6.45) is 1.03. The van der Waals surface area contributed by atoms with Crippen LogP contribution in [0.2, 0.25) is 0 Å². The highest BCUT2D eigenvalue weighted by Gasteiger charge is 2.10. The first-order chi connectivity index (χ1) is 9.08. The molecule has 0 fully saturated rings. The Labute approximate surface area is 116 Å². The number of aryl methyl sites for hydroxylation is 3. The third-order valence-corrected chi connectivity index (χ3v) is 3.51. The lowest BCUT2D eigenvalue weighted by Crippen LogP contribution is -2.19. The summed E-state index contributed by atoms with van der Waals surface area (Å²) in [5, 5.41) is 3.43. The second-order valence-electron chi connectivity index (χ2n) is 5.46. The van der Waals surface area contributed by atoms with Crippen LogP contribution in [0.1, 0.15) is 33.9 Å². The Morgan fingerprint density at radius 3 is 2.16 bits per heavy atom. The van der Waals surface area contributed by atoms with Gasteiger partial charge in [-0.2, -0.15) is 0 Å². The summed E-state index contributed by atoms with van der Waals surface area (Å²) >= 11 is 0.